The van der Waals surface area contributed by atoms with Gasteiger partial charge in [0.05, 0.1) is 11.1 Å². The number of amides is 1. The summed E-state index contributed by atoms with van der Waals surface area (Å²) in [5, 5.41) is 2.90. The van der Waals surface area contributed by atoms with Crippen molar-refractivity contribution in [3.05, 3.63) is 46.4 Å². The third kappa shape index (κ3) is 4.95. The van der Waals surface area contributed by atoms with Crippen molar-refractivity contribution in [1.29, 1.82) is 0 Å². The molecule has 5 nitrogen and oxygen atoms in total. The molecule has 1 aliphatic rings. The molecule has 0 spiro atoms. The van der Waals surface area contributed by atoms with Crippen molar-refractivity contribution in [1.82, 2.24) is 4.98 Å². The Morgan fingerprint density at radius 3 is 2.36 bits per heavy atom. The lowest BCUT2D eigenvalue weighted by atomic mass is 9.98. The first-order chi connectivity index (χ1) is 13.1. The van der Waals surface area contributed by atoms with E-state index in [9.17, 15) is 22.0 Å². The number of allylic oxidation sites excluding steroid dienone is 1. The van der Waals surface area contributed by atoms with Crippen molar-refractivity contribution in [3.8, 4) is 0 Å². The minimum Gasteiger partial charge on any atom is -0.298 e. The molecule has 3 atom stereocenters. The number of anilines is 1. The monoisotopic (exact) mass is 446 g/mol. The molecule has 150 valence electrons. The molecule has 0 bridgehead atoms. The van der Waals surface area contributed by atoms with E-state index in [1.54, 1.807) is 0 Å². The Balaban J connectivity index is 1.93. The van der Waals surface area contributed by atoms with E-state index in [0.29, 0.717) is 9.90 Å². The summed E-state index contributed by atoms with van der Waals surface area (Å²) in [6, 6.07) is 5.75. The molecule has 0 aliphatic heterocycles. The number of nitrogens with zero attached hydrogens (tertiary/aromatic N) is 1. The summed E-state index contributed by atoms with van der Waals surface area (Å²) in [5.74, 6) is -0.962. The summed E-state index contributed by atoms with van der Waals surface area (Å²) >= 11 is 6.89. The number of thiazole rings is 1. The van der Waals surface area contributed by atoms with Crippen molar-refractivity contribution in [2.75, 3.05) is 11.6 Å². The van der Waals surface area contributed by atoms with Crippen molar-refractivity contribution in [3.63, 3.8) is 0 Å². The van der Waals surface area contributed by atoms with Gasteiger partial charge in [-0.3, -0.25) is 10.1 Å². The summed E-state index contributed by atoms with van der Waals surface area (Å²) in [6.45, 7) is 0. The number of halogens is 3. The number of hydrogen-bond donors (Lipinski definition) is 1. The second-order valence-corrected chi connectivity index (χ2v) is 10.2. The molecule has 1 saturated carbocycles. The predicted molar refractivity (Wildman–Crippen MR) is 106 cm³/mol. The van der Waals surface area contributed by atoms with Crippen LogP contribution in [-0.2, 0) is 14.6 Å². The third-order valence-electron chi connectivity index (χ3n) is 4.39. The van der Waals surface area contributed by atoms with Crippen molar-refractivity contribution < 1.29 is 22.0 Å². The Morgan fingerprint density at radius 1 is 1.25 bits per heavy atom. The molecular formula is C18H17ClF2N2O3S2. The number of rotatable bonds is 5. The average Bonchev–Trinajstić information content (AvgIpc) is 3.17. The number of benzene rings is 1. The molecule has 1 unspecified atom stereocenters. The van der Waals surface area contributed by atoms with Gasteiger partial charge in [-0.25, -0.2) is 22.2 Å². The molecule has 1 N–H and O–H groups in total. The number of sulfone groups is 1. The van der Waals surface area contributed by atoms with Gasteiger partial charge in [-0.05, 0) is 36.5 Å². The van der Waals surface area contributed by atoms with E-state index >= 15 is 0 Å². The van der Waals surface area contributed by atoms with Crippen LogP contribution in [0.2, 0.25) is 4.34 Å². The highest BCUT2D eigenvalue weighted by Gasteiger charge is 2.34. The fourth-order valence-electron chi connectivity index (χ4n) is 3.00. The van der Waals surface area contributed by atoms with E-state index in [4.69, 9.17) is 11.6 Å². The molecule has 1 heterocycles. The molecule has 2 aromatic rings. The number of hydrogen-bond acceptors (Lipinski definition) is 5. The topological polar surface area (TPSA) is 76.1 Å². The molecule has 3 rings (SSSR count). The quantitative estimate of drug-likeness (QED) is 0.694. The smallest absolute Gasteiger partial charge is 0.257 e. The minimum absolute atomic E-state index is 0.0115. The van der Waals surface area contributed by atoms with Crippen molar-refractivity contribution in [2.24, 2.45) is 5.92 Å². The molecule has 1 aromatic carbocycles. The lowest BCUT2D eigenvalue weighted by Gasteiger charge is -2.11. The first kappa shape index (κ1) is 20.9. The normalized spacial score (nSPS) is 23.0. The van der Waals surface area contributed by atoms with Crippen molar-refractivity contribution in [2.45, 2.75) is 30.1 Å². The largest absolute Gasteiger partial charge is 0.298 e. The lowest BCUT2D eigenvalue weighted by Crippen LogP contribution is -2.14. The third-order valence-corrected chi connectivity index (χ3v) is 6.55. The van der Waals surface area contributed by atoms with Gasteiger partial charge in [0, 0.05) is 11.8 Å². The zero-order valence-corrected chi connectivity index (χ0v) is 17.1. The van der Waals surface area contributed by atoms with Crippen LogP contribution in [0.3, 0.4) is 0 Å². The Kier molecular flexibility index (Phi) is 6.16. The Labute approximate surface area is 170 Å². The van der Waals surface area contributed by atoms with Crippen LogP contribution in [0, 0.1) is 5.92 Å². The highest BCUT2D eigenvalue weighted by Crippen LogP contribution is 2.34. The fraction of sp³-hybridized carbons (Fsp3) is 0.333. The van der Waals surface area contributed by atoms with Crippen LogP contribution in [-0.4, -0.2) is 37.9 Å². The first-order valence-electron chi connectivity index (χ1n) is 8.36. The van der Waals surface area contributed by atoms with Gasteiger partial charge in [0.2, 0.25) is 0 Å². The summed E-state index contributed by atoms with van der Waals surface area (Å²) in [5.41, 5.74) is 0.628. The Bertz CT molecular complexity index is 996. The van der Waals surface area contributed by atoms with Crippen LogP contribution in [0.1, 0.15) is 18.4 Å². The summed E-state index contributed by atoms with van der Waals surface area (Å²) in [6.07, 6.45) is 0.868. The van der Waals surface area contributed by atoms with Gasteiger partial charge in [0.1, 0.15) is 16.7 Å². The maximum Gasteiger partial charge on any atom is 0.257 e. The van der Waals surface area contributed by atoms with E-state index in [1.807, 2.05) is 0 Å². The van der Waals surface area contributed by atoms with Crippen LogP contribution in [0.4, 0.5) is 13.9 Å². The van der Waals surface area contributed by atoms with Gasteiger partial charge in [-0.1, -0.05) is 41.1 Å². The molecule has 1 fully saturated rings. The van der Waals surface area contributed by atoms with Crippen LogP contribution >= 0.6 is 22.9 Å². The van der Waals surface area contributed by atoms with E-state index in [2.05, 4.69) is 10.3 Å². The standard InChI is InChI=1S/C18H17ClF2N2O3S2/c1-28(25,26)12-4-2-11(3-5-12)13(6-10-7-14(20)15(21)8-10)17(24)23-18-22-9-16(19)27-18/h2-6,9-10,14-15H,7-8H2,1H3,(H,22,23,24)/b13-6+/t10?,14-,15+. The number of nitrogens with one attached hydrogen (secondary N) is 1. The fourth-order valence-corrected chi connectivity index (χ4v) is 4.44. The molecule has 0 saturated heterocycles. The first-order valence-corrected chi connectivity index (χ1v) is 11.4. The molecule has 10 heteroatoms. The van der Waals surface area contributed by atoms with E-state index in [-0.39, 0.29) is 28.4 Å². The zero-order valence-electron chi connectivity index (χ0n) is 14.7. The highest BCUT2D eigenvalue weighted by atomic mass is 35.5. The van der Waals surface area contributed by atoms with Gasteiger partial charge < -0.3 is 0 Å². The SMILES string of the molecule is CS(=O)(=O)c1ccc(/C(=C\C2C[C@@H](F)[C@@H](F)C2)C(=O)Nc2ncc(Cl)s2)cc1. The van der Waals surface area contributed by atoms with Gasteiger partial charge in [-0.2, -0.15) is 0 Å². The van der Waals surface area contributed by atoms with E-state index < -0.39 is 34.0 Å². The number of carbonyl (C=O) groups is 1. The molecule has 28 heavy (non-hydrogen) atoms. The number of alkyl halides is 2. The van der Waals surface area contributed by atoms with Crippen LogP contribution in [0.25, 0.3) is 5.57 Å². The minimum atomic E-state index is -3.39. The molecule has 1 aliphatic carbocycles. The van der Waals surface area contributed by atoms with Gasteiger partial charge in [0.25, 0.3) is 5.91 Å². The van der Waals surface area contributed by atoms with Gasteiger partial charge >= 0.3 is 0 Å². The van der Waals surface area contributed by atoms with Crippen LogP contribution in [0.5, 0.6) is 0 Å². The summed E-state index contributed by atoms with van der Waals surface area (Å²) in [4.78, 5) is 16.9. The molecular weight excluding hydrogens is 430 g/mol. The second-order valence-electron chi connectivity index (χ2n) is 6.56. The van der Waals surface area contributed by atoms with Crippen LogP contribution in [0.15, 0.2) is 41.4 Å². The molecule has 1 amide bonds. The van der Waals surface area contributed by atoms with Crippen molar-refractivity contribution >= 4 is 49.4 Å². The Morgan fingerprint density at radius 2 is 1.86 bits per heavy atom. The highest BCUT2D eigenvalue weighted by molar-refractivity contribution is 7.90. The number of carbonyl (C=O) groups excluding carboxylic acids is 1. The van der Waals surface area contributed by atoms with Gasteiger partial charge in [0.15, 0.2) is 15.0 Å². The van der Waals surface area contributed by atoms with E-state index in [0.717, 1.165) is 17.6 Å². The average molecular weight is 447 g/mol. The predicted octanol–water partition coefficient (Wildman–Crippen LogP) is 4.31. The second kappa shape index (κ2) is 8.26. The Hall–Kier alpha value is -1.84. The van der Waals surface area contributed by atoms with Gasteiger partial charge in [-0.15, -0.1) is 0 Å². The van der Waals surface area contributed by atoms with E-state index in [1.165, 1.54) is 36.5 Å². The number of aromatic nitrogens is 1. The molecule has 0 radical (unpaired) electrons. The summed E-state index contributed by atoms with van der Waals surface area (Å²) < 4.78 is 50.8. The zero-order chi connectivity index (χ0) is 20.5. The summed E-state index contributed by atoms with van der Waals surface area (Å²) in [7, 11) is -3.39. The maximum atomic E-state index is 13.6. The maximum absolute atomic E-state index is 13.6. The molecule has 1 aromatic heterocycles. The lowest BCUT2D eigenvalue weighted by molar-refractivity contribution is -0.111. The van der Waals surface area contributed by atoms with Crippen LogP contribution < -0.4 is 5.32 Å².